The fraction of sp³-hybridized carbons (Fsp3) is 0.850. The van der Waals surface area contributed by atoms with Gasteiger partial charge in [-0.15, -0.1) is 0 Å². The maximum absolute atomic E-state index is 11.0. The second kappa shape index (κ2) is 21.4. The number of hydrogen-bond acceptors (Lipinski definition) is 1. The number of carbonyl (C=O) groups excluding carboxylic acids is 1. The Labute approximate surface area is 162 Å². The monoisotopic (exact) mass is 317 g/mol. The SMILES string of the molecule is C=CC(=O)CCCCCCCCCCCCCCCCC.[Na]. The quantitative estimate of drug-likeness (QED) is 0.167. The average molecular weight is 318 g/mol. The van der Waals surface area contributed by atoms with E-state index in [0.29, 0.717) is 6.42 Å². The van der Waals surface area contributed by atoms with Crippen molar-refractivity contribution in [1.82, 2.24) is 0 Å². The van der Waals surface area contributed by atoms with Crippen molar-refractivity contribution in [2.75, 3.05) is 0 Å². The third-order valence-corrected chi connectivity index (χ3v) is 4.25. The summed E-state index contributed by atoms with van der Waals surface area (Å²) in [4.78, 5) is 11.0. The van der Waals surface area contributed by atoms with E-state index >= 15 is 0 Å². The zero-order chi connectivity index (χ0) is 15.6. The zero-order valence-corrected chi connectivity index (χ0v) is 17.5. The fourth-order valence-electron chi connectivity index (χ4n) is 2.77. The van der Waals surface area contributed by atoms with Gasteiger partial charge in [0.05, 0.1) is 0 Å². The molecule has 0 rings (SSSR count). The fourth-order valence-corrected chi connectivity index (χ4v) is 2.77. The molecule has 0 saturated heterocycles. The van der Waals surface area contributed by atoms with Crippen LogP contribution in [0.15, 0.2) is 12.7 Å². The van der Waals surface area contributed by atoms with Gasteiger partial charge in [-0.05, 0) is 12.5 Å². The molecule has 0 amide bonds. The van der Waals surface area contributed by atoms with Gasteiger partial charge in [0.15, 0.2) is 5.78 Å². The van der Waals surface area contributed by atoms with Gasteiger partial charge in [0.1, 0.15) is 0 Å². The standard InChI is InChI=1S/C20H38O.Na/c1-3-5-6-7-8-9-10-11-12-13-14-15-16-17-18-19-20(21)4-2;/h4H,2-3,5-19H2,1H3;. The summed E-state index contributed by atoms with van der Waals surface area (Å²) in [7, 11) is 0. The Morgan fingerprint density at radius 3 is 1.32 bits per heavy atom. The summed E-state index contributed by atoms with van der Waals surface area (Å²) in [6, 6.07) is 0. The molecule has 0 aliphatic heterocycles. The first-order chi connectivity index (χ1) is 10.3. The average Bonchev–Trinajstić information content (AvgIpc) is 2.50. The number of rotatable bonds is 17. The van der Waals surface area contributed by atoms with Crippen LogP contribution in [-0.4, -0.2) is 35.3 Å². The summed E-state index contributed by atoms with van der Waals surface area (Å²) in [5.41, 5.74) is 0. The molecule has 0 fully saturated rings. The zero-order valence-electron chi connectivity index (χ0n) is 15.5. The van der Waals surface area contributed by atoms with Crippen LogP contribution in [-0.2, 0) is 4.79 Å². The van der Waals surface area contributed by atoms with Crippen molar-refractivity contribution in [3.8, 4) is 0 Å². The van der Waals surface area contributed by atoms with Crippen LogP contribution in [0.25, 0.3) is 0 Å². The Morgan fingerprint density at radius 2 is 1.00 bits per heavy atom. The minimum Gasteiger partial charge on any atom is -0.295 e. The molecule has 2 heteroatoms. The van der Waals surface area contributed by atoms with Crippen molar-refractivity contribution >= 4 is 35.3 Å². The van der Waals surface area contributed by atoms with Crippen molar-refractivity contribution in [2.24, 2.45) is 0 Å². The summed E-state index contributed by atoms with van der Waals surface area (Å²) in [5.74, 6) is 0.199. The van der Waals surface area contributed by atoms with E-state index in [1.165, 1.54) is 96.0 Å². The molecule has 0 N–H and O–H groups in total. The molecule has 0 heterocycles. The molecule has 0 aromatic heterocycles. The third-order valence-electron chi connectivity index (χ3n) is 4.25. The van der Waals surface area contributed by atoms with Crippen molar-refractivity contribution in [3.63, 3.8) is 0 Å². The van der Waals surface area contributed by atoms with Gasteiger partial charge in [-0.2, -0.15) is 0 Å². The van der Waals surface area contributed by atoms with Crippen LogP contribution in [0.1, 0.15) is 110 Å². The molecule has 0 saturated carbocycles. The second-order valence-corrected chi connectivity index (χ2v) is 6.37. The Balaban J connectivity index is 0. The van der Waals surface area contributed by atoms with Crippen molar-refractivity contribution in [3.05, 3.63) is 12.7 Å². The summed E-state index contributed by atoms with van der Waals surface area (Å²) >= 11 is 0. The van der Waals surface area contributed by atoms with Crippen LogP contribution < -0.4 is 0 Å². The normalized spacial score (nSPS) is 10.2. The number of carbonyl (C=O) groups is 1. The van der Waals surface area contributed by atoms with Gasteiger partial charge in [-0.1, -0.05) is 103 Å². The molecule has 0 aromatic carbocycles. The minimum absolute atomic E-state index is 0. The van der Waals surface area contributed by atoms with E-state index in [1.54, 1.807) is 0 Å². The van der Waals surface area contributed by atoms with E-state index < -0.39 is 0 Å². The van der Waals surface area contributed by atoms with Crippen LogP contribution in [0.2, 0.25) is 0 Å². The molecular weight excluding hydrogens is 279 g/mol. The maximum Gasteiger partial charge on any atom is 0.155 e. The van der Waals surface area contributed by atoms with Crippen LogP contribution in [0.5, 0.6) is 0 Å². The molecule has 1 nitrogen and oxygen atoms in total. The van der Waals surface area contributed by atoms with E-state index in [9.17, 15) is 4.79 Å². The molecule has 0 spiro atoms. The third kappa shape index (κ3) is 20.4. The Bertz CT molecular complexity index is 238. The molecule has 0 unspecified atom stereocenters. The second-order valence-electron chi connectivity index (χ2n) is 6.37. The molecule has 0 atom stereocenters. The van der Waals surface area contributed by atoms with E-state index in [-0.39, 0.29) is 35.3 Å². The molecule has 1 radical (unpaired) electrons. The first-order valence-corrected chi connectivity index (χ1v) is 9.46. The van der Waals surface area contributed by atoms with Gasteiger partial charge in [-0.25, -0.2) is 0 Å². The largest absolute Gasteiger partial charge is 0.295 e. The van der Waals surface area contributed by atoms with E-state index in [0.717, 1.165) is 6.42 Å². The van der Waals surface area contributed by atoms with Gasteiger partial charge < -0.3 is 0 Å². The topological polar surface area (TPSA) is 17.1 Å². The van der Waals surface area contributed by atoms with Crippen molar-refractivity contribution in [1.29, 1.82) is 0 Å². The smallest absolute Gasteiger partial charge is 0.155 e. The summed E-state index contributed by atoms with van der Waals surface area (Å²) in [6.07, 6.45) is 22.7. The molecule has 125 valence electrons. The first kappa shape index (κ1) is 24.7. The Hall–Kier alpha value is 0.410. The molecule has 0 aliphatic carbocycles. The predicted molar refractivity (Wildman–Crippen MR) is 101 cm³/mol. The minimum atomic E-state index is 0. The molecule has 0 aromatic rings. The van der Waals surface area contributed by atoms with Gasteiger partial charge >= 0.3 is 0 Å². The number of unbranched alkanes of at least 4 members (excludes halogenated alkanes) is 14. The van der Waals surface area contributed by atoms with E-state index in [4.69, 9.17) is 0 Å². The summed E-state index contributed by atoms with van der Waals surface area (Å²) < 4.78 is 0. The predicted octanol–water partition coefficient (Wildman–Crippen LogP) is 6.62. The van der Waals surface area contributed by atoms with Crippen LogP contribution >= 0.6 is 0 Å². The van der Waals surface area contributed by atoms with Crippen LogP contribution in [0, 0.1) is 0 Å². The molecule has 0 aliphatic rings. The molecule has 22 heavy (non-hydrogen) atoms. The van der Waals surface area contributed by atoms with Crippen molar-refractivity contribution < 1.29 is 4.79 Å². The molecule has 0 bridgehead atoms. The van der Waals surface area contributed by atoms with Gasteiger partial charge in [0, 0.05) is 36.0 Å². The van der Waals surface area contributed by atoms with Crippen molar-refractivity contribution in [2.45, 2.75) is 110 Å². The van der Waals surface area contributed by atoms with Crippen LogP contribution in [0.3, 0.4) is 0 Å². The maximum atomic E-state index is 11.0. The van der Waals surface area contributed by atoms with Crippen LogP contribution in [0.4, 0.5) is 0 Å². The van der Waals surface area contributed by atoms with Gasteiger partial charge in [0.2, 0.25) is 0 Å². The summed E-state index contributed by atoms with van der Waals surface area (Å²) in [6.45, 7) is 5.78. The first-order valence-electron chi connectivity index (χ1n) is 9.46. The number of hydrogen-bond donors (Lipinski definition) is 0. The number of allylic oxidation sites excluding steroid dienone is 1. The van der Waals surface area contributed by atoms with E-state index in [2.05, 4.69) is 13.5 Å². The molecular formula is C20H38NaO. The summed E-state index contributed by atoms with van der Waals surface area (Å²) in [5, 5.41) is 0. The van der Waals surface area contributed by atoms with Gasteiger partial charge in [-0.3, -0.25) is 4.79 Å². The van der Waals surface area contributed by atoms with E-state index in [1.807, 2.05) is 0 Å². The Kier molecular flexibility index (Phi) is 24.0. The van der Waals surface area contributed by atoms with Gasteiger partial charge in [0.25, 0.3) is 0 Å². The Morgan fingerprint density at radius 1 is 0.682 bits per heavy atom. The number of ketones is 1.